The zero-order chi connectivity index (χ0) is 15.6. The average Bonchev–Trinajstić information content (AvgIpc) is 2.78. The fraction of sp³-hybridized carbons (Fsp3) is 0.231. The van der Waals surface area contributed by atoms with E-state index in [-0.39, 0.29) is 11.7 Å². The number of aryl methyl sites for hydroxylation is 1. The van der Waals surface area contributed by atoms with Gasteiger partial charge in [-0.2, -0.15) is 13.2 Å². The SMILES string of the molecule is Cc1cccc(CNC(=O)c2sc(N)nc2C(F)(F)F)c1. The summed E-state index contributed by atoms with van der Waals surface area (Å²) in [4.78, 5) is 14.5. The fourth-order valence-electron chi connectivity index (χ4n) is 1.77. The molecule has 21 heavy (non-hydrogen) atoms. The van der Waals surface area contributed by atoms with Crippen molar-refractivity contribution < 1.29 is 18.0 Å². The van der Waals surface area contributed by atoms with E-state index in [2.05, 4.69) is 10.3 Å². The average molecular weight is 315 g/mol. The number of carbonyl (C=O) groups is 1. The summed E-state index contributed by atoms with van der Waals surface area (Å²) >= 11 is 0.522. The number of aromatic nitrogens is 1. The quantitative estimate of drug-likeness (QED) is 0.915. The number of hydrogen-bond donors (Lipinski definition) is 2. The van der Waals surface area contributed by atoms with Gasteiger partial charge in [-0.1, -0.05) is 41.2 Å². The third kappa shape index (κ3) is 3.72. The Morgan fingerprint density at radius 3 is 2.76 bits per heavy atom. The molecular weight excluding hydrogens is 303 g/mol. The Labute approximate surface area is 122 Å². The minimum absolute atomic E-state index is 0.135. The molecule has 0 aliphatic heterocycles. The zero-order valence-electron chi connectivity index (χ0n) is 11.0. The first kappa shape index (κ1) is 15.3. The van der Waals surface area contributed by atoms with E-state index < -0.39 is 22.7 Å². The van der Waals surface area contributed by atoms with Crippen LogP contribution in [-0.4, -0.2) is 10.9 Å². The highest BCUT2D eigenvalue weighted by molar-refractivity contribution is 7.17. The molecule has 3 N–H and O–H groups in total. The molecule has 0 bridgehead atoms. The predicted octanol–water partition coefficient (Wildman–Crippen LogP) is 2.98. The molecule has 1 aromatic carbocycles. The van der Waals surface area contributed by atoms with E-state index in [1.165, 1.54) is 0 Å². The highest BCUT2D eigenvalue weighted by Crippen LogP contribution is 2.35. The molecule has 112 valence electrons. The first-order valence-corrected chi connectivity index (χ1v) is 6.76. The van der Waals surface area contributed by atoms with Gasteiger partial charge >= 0.3 is 6.18 Å². The van der Waals surface area contributed by atoms with Gasteiger partial charge in [0.15, 0.2) is 10.8 Å². The summed E-state index contributed by atoms with van der Waals surface area (Å²) in [5.74, 6) is -0.835. The van der Waals surface area contributed by atoms with Crippen molar-refractivity contribution in [2.75, 3.05) is 5.73 Å². The van der Waals surface area contributed by atoms with E-state index in [4.69, 9.17) is 5.73 Å². The number of rotatable bonds is 3. The molecule has 8 heteroatoms. The molecule has 0 radical (unpaired) electrons. The minimum atomic E-state index is -4.70. The highest BCUT2D eigenvalue weighted by Gasteiger charge is 2.39. The summed E-state index contributed by atoms with van der Waals surface area (Å²) in [6, 6.07) is 7.31. The van der Waals surface area contributed by atoms with Crippen LogP contribution in [0.4, 0.5) is 18.3 Å². The predicted molar refractivity (Wildman–Crippen MR) is 73.9 cm³/mol. The van der Waals surface area contributed by atoms with Crippen molar-refractivity contribution in [2.24, 2.45) is 0 Å². The van der Waals surface area contributed by atoms with E-state index in [0.29, 0.717) is 11.3 Å². The fourth-order valence-corrected chi connectivity index (χ4v) is 2.54. The third-order valence-corrected chi connectivity index (χ3v) is 3.54. The van der Waals surface area contributed by atoms with Gasteiger partial charge in [0.1, 0.15) is 4.88 Å². The second kappa shape index (κ2) is 5.72. The minimum Gasteiger partial charge on any atom is -0.375 e. The maximum Gasteiger partial charge on any atom is 0.435 e. The van der Waals surface area contributed by atoms with E-state index in [1.54, 1.807) is 6.07 Å². The smallest absolute Gasteiger partial charge is 0.375 e. The van der Waals surface area contributed by atoms with Gasteiger partial charge in [-0.05, 0) is 12.5 Å². The van der Waals surface area contributed by atoms with E-state index >= 15 is 0 Å². The van der Waals surface area contributed by atoms with E-state index in [0.717, 1.165) is 11.1 Å². The number of carbonyl (C=O) groups excluding carboxylic acids is 1. The van der Waals surface area contributed by atoms with Crippen molar-refractivity contribution in [1.29, 1.82) is 0 Å². The number of nitrogens with one attached hydrogen (secondary N) is 1. The number of nitrogen functional groups attached to an aromatic ring is 1. The molecular formula is C13H12F3N3OS. The van der Waals surface area contributed by atoms with Crippen LogP contribution in [-0.2, 0) is 12.7 Å². The number of benzene rings is 1. The molecule has 0 fully saturated rings. The first-order valence-electron chi connectivity index (χ1n) is 5.94. The van der Waals surface area contributed by atoms with Crippen LogP contribution in [0.25, 0.3) is 0 Å². The Morgan fingerprint density at radius 2 is 2.14 bits per heavy atom. The number of halogens is 3. The molecule has 4 nitrogen and oxygen atoms in total. The number of alkyl halides is 3. The van der Waals surface area contributed by atoms with Crippen molar-refractivity contribution in [3.05, 3.63) is 46.0 Å². The zero-order valence-corrected chi connectivity index (χ0v) is 11.8. The largest absolute Gasteiger partial charge is 0.435 e. The van der Waals surface area contributed by atoms with Gasteiger partial charge in [-0.3, -0.25) is 4.79 Å². The van der Waals surface area contributed by atoms with Crippen LogP contribution in [0.2, 0.25) is 0 Å². The van der Waals surface area contributed by atoms with Crippen LogP contribution < -0.4 is 11.1 Å². The topological polar surface area (TPSA) is 68.0 Å². The Morgan fingerprint density at radius 1 is 1.43 bits per heavy atom. The van der Waals surface area contributed by atoms with Gasteiger partial charge in [0.2, 0.25) is 0 Å². The Bertz CT molecular complexity index is 667. The molecule has 0 aliphatic carbocycles. The summed E-state index contributed by atoms with van der Waals surface area (Å²) in [5.41, 5.74) is 5.82. The van der Waals surface area contributed by atoms with Crippen LogP contribution in [0.1, 0.15) is 26.5 Å². The van der Waals surface area contributed by atoms with Crippen molar-refractivity contribution in [3.63, 3.8) is 0 Å². The number of hydrogen-bond acceptors (Lipinski definition) is 4. The van der Waals surface area contributed by atoms with Crippen molar-refractivity contribution in [1.82, 2.24) is 10.3 Å². The molecule has 0 unspecified atom stereocenters. The lowest BCUT2D eigenvalue weighted by atomic mass is 10.1. The van der Waals surface area contributed by atoms with Crippen LogP contribution in [0.3, 0.4) is 0 Å². The summed E-state index contributed by atoms with van der Waals surface area (Å²) in [5, 5.41) is 2.16. The second-order valence-corrected chi connectivity index (χ2v) is 5.43. The second-order valence-electron chi connectivity index (χ2n) is 4.40. The van der Waals surface area contributed by atoms with Gasteiger partial charge < -0.3 is 11.1 Å². The standard InChI is InChI=1S/C13H12F3N3OS/c1-7-3-2-4-8(5-7)6-18-11(20)9-10(13(14,15)16)19-12(17)21-9/h2-5H,6H2,1H3,(H2,17,19)(H,18,20). The molecule has 0 saturated carbocycles. The van der Waals surface area contributed by atoms with Gasteiger partial charge in [-0.15, -0.1) is 0 Å². The molecule has 0 atom stereocenters. The number of nitrogens with zero attached hydrogens (tertiary/aromatic N) is 1. The Balaban J connectivity index is 2.14. The summed E-state index contributed by atoms with van der Waals surface area (Å²) in [6.07, 6.45) is -4.70. The van der Waals surface area contributed by atoms with Gasteiger partial charge in [0, 0.05) is 6.54 Å². The molecule has 1 amide bonds. The third-order valence-electron chi connectivity index (χ3n) is 2.65. The molecule has 0 saturated heterocycles. The van der Waals surface area contributed by atoms with E-state index in [1.807, 2.05) is 25.1 Å². The van der Waals surface area contributed by atoms with Gasteiger partial charge in [-0.25, -0.2) is 4.98 Å². The van der Waals surface area contributed by atoms with Crippen LogP contribution in [0.5, 0.6) is 0 Å². The number of thiazole rings is 1. The van der Waals surface area contributed by atoms with Crippen LogP contribution in [0.15, 0.2) is 24.3 Å². The molecule has 1 heterocycles. The normalized spacial score (nSPS) is 11.4. The van der Waals surface area contributed by atoms with Crippen LogP contribution >= 0.6 is 11.3 Å². The molecule has 2 aromatic rings. The van der Waals surface area contributed by atoms with Gasteiger partial charge in [0.05, 0.1) is 0 Å². The molecule has 1 aromatic heterocycles. The summed E-state index contributed by atoms with van der Waals surface area (Å²) in [6.45, 7) is 2.02. The Hall–Kier alpha value is -2.09. The lowest BCUT2D eigenvalue weighted by molar-refractivity contribution is -0.141. The number of nitrogens with two attached hydrogens (primary N) is 1. The monoisotopic (exact) mass is 315 g/mol. The molecule has 0 aliphatic rings. The highest BCUT2D eigenvalue weighted by atomic mass is 32.1. The first-order chi connectivity index (χ1) is 9.77. The summed E-state index contributed by atoms with van der Waals surface area (Å²) < 4.78 is 38.2. The van der Waals surface area contributed by atoms with Crippen molar-refractivity contribution >= 4 is 22.4 Å². The van der Waals surface area contributed by atoms with Crippen molar-refractivity contribution in [3.8, 4) is 0 Å². The molecule has 0 spiro atoms. The van der Waals surface area contributed by atoms with Crippen LogP contribution in [0, 0.1) is 6.92 Å². The lowest BCUT2D eigenvalue weighted by Gasteiger charge is -2.07. The summed E-state index contributed by atoms with van der Waals surface area (Å²) in [7, 11) is 0. The molecule has 2 rings (SSSR count). The van der Waals surface area contributed by atoms with Gasteiger partial charge in [0.25, 0.3) is 5.91 Å². The Kier molecular flexibility index (Phi) is 4.17. The van der Waals surface area contributed by atoms with E-state index in [9.17, 15) is 18.0 Å². The van der Waals surface area contributed by atoms with Crippen molar-refractivity contribution in [2.45, 2.75) is 19.6 Å². The maximum atomic E-state index is 12.7. The number of amides is 1. The number of anilines is 1. The lowest BCUT2D eigenvalue weighted by Crippen LogP contribution is -2.24. The maximum absolute atomic E-state index is 12.7.